The predicted octanol–water partition coefficient (Wildman–Crippen LogP) is 5.00. The van der Waals surface area contributed by atoms with Gasteiger partial charge in [0.05, 0.1) is 22.1 Å². The van der Waals surface area contributed by atoms with Crippen LogP contribution in [-0.2, 0) is 11.0 Å². The number of nitrogens with zero attached hydrogens (tertiary/aromatic N) is 1. The fourth-order valence-corrected chi connectivity index (χ4v) is 3.33. The lowest BCUT2D eigenvalue weighted by Gasteiger charge is -2.14. The van der Waals surface area contributed by atoms with Gasteiger partial charge in [0.25, 0.3) is 5.91 Å². The predicted molar refractivity (Wildman–Crippen MR) is 98.9 cm³/mol. The van der Waals surface area contributed by atoms with Gasteiger partial charge in [0.15, 0.2) is 11.6 Å². The SMILES string of the molecule is N#Cc1ccc(Oc2ccc(/C=C3/SC(=S)NC3=O)cc2F)c(C(F)(F)F)c1. The molecule has 0 spiro atoms. The summed E-state index contributed by atoms with van der Waals surface area (Å²) < 4.78 is 59.3. The van der Waals surface area contributed by atoms with Gasteiger partial charge < -0.3 is 10.1 Å². The van der Waals surface area contributed by atoms with Gasteiger partial charge in [-0.05, 0) is 42.0 Å². The van der Waals surface area contributed by atoms with Crippen molar-refractivity contribution in [1.29, 1.82) is 5.26 Å². The Morgan fingerprint density at radius 1 is 1.18 bits per heavy atom. The van der Waals surface area contributed by atoms with Crippen molar-refractivity contribution in [3.8, 4) is 17.6 Å². The first-order chi connectivity index (χ1) is 13.2. The lowest BCUT2D eigenvalue weighted by atomic mass is 10.1. The van der Waals surface area contributed by atoms with E-state index in [-0.39, 0.29) is 14.8 Å². The molecule has 1 amide bonds. The Morgan fingerprint density at radius 2 is 1.89 bits per heavy atom. The first kappa shape index (κ1) is 19.9. The number of benzene rings is 2. The molecule has 1 N–H and O–H groups in total. The molecule has 3 rings (SSSR count). The van der Waals surface area contributed by atoms with E-state index in [1.807, 2.05) is 0 Å². The summed E-state index contributed by atoms with van der Waals surface area (Å²) in [6, 6.07) is 7.89. The van der Waals surface area contributed by atoms with E-state index in [9.17, 15) is 22.4 Å². The average Bonchev–Trinajstić information content (AvgIpc) is 2.93. The van der Waals surface area contributed by atoms with Crippen molar-refractivity contribution in [2.45, 2.75) is 6.18 Å². The summed E-state index contributed by atoms with van der Waals surface area (Å²) in [6.45, 7) is 0. The topological polar surface area (TPSA) is 62.1 Å². The third-order valence-electron chi connectivity index (χ3n) is 3.53. The van der Waals surface area contributed by atoms with Crippen LogP contribution >= 0.6 is 24.0 Å². The highest BCUT2D eigenvalue weighted by atomic mass is 32.2. The maximum absolute atomic E-state index is 14.3. The minimum Gasteiger partial charge on any atom is -0.454 e. The van der Waals surface area contributed by atoms with E-state index in [0.29, 0.717) is 11.6 Å². The van der Waals surface area contributed by atoms with E-state index >= 15 is 0 Å². The highest BCUT2D eigenvalue weighted by Crippen LogP contribution is 2.39. The Hall–Kier alpha value is -2.90. The van der Waals surface area contributed by atoms with Crippen LogP contribution < -0.4 is 10.1 Å². The monoisotopic (exact) mass is 424 g/mol. The summed E-state index contributed by atoms with van der Waals surface area (Å²) in [5.41, 5.74) is -1.08. The lowest BCUT2D eigenvalue weighted by Crippen LogP contribution is -2.17. The number of carbonyl (C=O) groups is 1. The molecular formula is C18H8F4N2O2S2. The van der Waals surface area contributed by atoms with Crippen LogP contribution in [0.25, 0.3) is 6.08 Å². The van der Waals surface area contributed by atoms with Crippen LogP contribution in [0.4, 0.5) is 17.6 Å². The molecule has 4 nitrogen and oxygen atoms in total. The summed E-state index contributed by atoms with van der Waals surface area (Å²) in [5.74, 6) is -2.40. The molecule has 0 saturated carbocycles. The van der Waals surface area contributed by atoms with Crippen molar-refractivity contribution in [2.24, 2.45) is 0 Å². The second kappa shape index (κ2) is 7.61. The van der Waals surface area contributed by atoms with Gasteiger partial charge >= 0.3 is 6.18 Å². The van der Waals surface area contributed by atoms with Crippen molar-refractivity contribution >= 4 is 40.3 Å². The molecule has 2 aromatic carbocycles. The molecule has 0 bridgehead atoms. The fraction of sp³-hybridized carbons (Fsp3) is 0.0556. The molecule has 28 heavy (non-hydrogen) atoms. The maximum Gasteiger partial charge on any atom is 0.420 e. The zero-order valence-electron chi connectivity index (χ0n) is 13.6. The minimum atomic E-state index is -4.78. The number of amides is 1. The highest BCUT2D eigenvalue weighted by molar-refractivity contribution is 8.26. The van der Waals surface area contributed by atoms with E-state index in [0.717, 1.165) is 36.0 Å². The van der Waals surface area contributed by atoms with Crippen molar-refractivity contribution < 1.29 is 27.1 Å². The maximum atomic E-state index is 14.3. The normalized spacial score (nSPS) is 15.5. The van der Waals surface area contributed by atoms with Crippen molar-refractivity contribution in [3.63, 3.8) is 0 Å². The first-order valence-electron chi connectivity index (χ1n) is 7.51. The van der Waals surface area contributed by atoms with E-state index in [1.165, 1.54) is 12.1 Å². The Labute approximate surface area is 165 Å². The minimum absolute atomic E-state index is 0.202. The van der Waals surface area contributed by atoms with Gasteiger partial charge in [-0.2, -0.15) is 18.4 Å². The molecule has 142 valence electrons. The van der Waals surface area contributed by atoms with Gasteiger partial charge in [-0.15, -0.1) is 0 Å². The van der Waals surface area contributed by atoms with Crippen LogP contribution in [0.3, 0.4) is 0 Å². The summed E-state index contributed by atoms with van der Waals surface area (Å²) in [6.07, 6.45) is -3.39. The van der Waals surface area contributed by atoms with Crippen LogP contribution in [0.5, 0.6) is 11.5 Å². The Balaban J connectivity index is 1.91. The van der Waals surface area contributed by atoms with Crippen molar-refractivity contribution in [1.82, 2.24) is 5.32 Å². The highest BCUT2D eigenvalue weighted by Gasteiger charge is 2.35. The van der Waals surface area contributed by atoms with Gasteiger partial charge in [-0.3, -0.25) is 4.79 Å². The van der Waals surface area contributed by atoms with Crippen molar-refractivity contribution in [2.75, 3.05) is 0 Å². The van der Waals surface area contributed by atoms with Crippen molar-refractivity contribution in [3.05, 3.63) is 63.8 Å². The molecule has 1 fully saturated rings. The summed E-state index contributed by atoms with van der Waals surface area (Å²) >= 11 is 5.87. The van der Waals surface area contributed by atoms with E-state index in [1.54, 1.807) is 6.07 Å². The third-order valence-corrected chi connectivity index (χ3v) is 4.69. The number of rotatable bonds is 3. The molecule has 1 heterocycles. The molecule has 1 saturated heterocycles. The molecular weight excluding hydrogens is 416 g/mol. The van der Waals surface area contributed by atoms with Gasteiger partial charge in [0.1, 0.15) is 10.1 Å². The number of alkyl halides is 3. The van der Waals surface area contributed by atoms with Crippen LogP contribution in [0.2, 0.25) is 0 Å². The molecule has 0 unspecified atom stereocenters. The largest absolute Gasteiger partial charge is 0.454 e. The smallest absolute Gasteiger partial charge is 0.420 e. The molecule has 0 aromatic heterocycles. The quantitative estimate of drug-likeness (QED) is 0.427. The van der Waals surface area contributed by atoms with Crippen LogP contribution in [0.15, 0.2) is 41.3 Å². The number of halogens is 4. The zero-order valence-corrected chi connectivity index (χ0v) is 15.3. The summed E-state index contributed by atoms with van der Waals surface area (Å²) in [5, 5.41) is 11.2. The molecule has 0 atom stereocenters. The Kier molecular flexibility index (Phi) is 5.40. The van der Waals surface area contributed by atoms with E-state index in [2.05, 4.69) is 5.32 Å². The molecule has 10 heteroatoms. The zero-order chi connectivity index (χ0) is 20.5. The van der Waals surface area contributed by atoms with E-state index in [4.69, 9.17) is 22.2 Å². The molecule has 2 aromatic rings. The summed E-state index contributed by atoms with van der Waals surface area (Å²) in [7, 11) is 0. The third kappa shape index (κ3) is 4.32. The van der Waals surface area contributed by atoms with Gasteiger partial charge in [0.2, 0.25) is 0 Å². The van der Waals surface area contributed by atoms with Gasteiger partial charge in [-0.1, -0.05) is 30.0 Å². The number of nitriles is 1. The van der Waals surface area contributed by atoms with Gasteiger partial charge in [-0.25, -0.2) is 4.39 Å². The molecule has 0 aliphatic carbocycles. The first-order valence-corrected chi connectivity index (χ1v) is 8.73. The number of carbonyl (C=O) groups excluding carboxylic acids is 1. The standard InChI is InChI=1S/C18H8F4N2O2S2/c19-12-6-9(7-15-16(25)24-17(27)28-15)1-4-14(12)26-13-3-2-10(8-23)5-11(13)18(20,21)22/h1-7H,(H,24,25,27)/b15-7+. The second-order valence-corrected chi connectivity index (χ2v) is 7.18. The molecule has 1 aliphatic rings. The number of thiocarbonyl (C=S) groups is 1. The van der Waals surface area contributed by atoms with Crippen LogP contribution in [-0.4, -0.2) is 10.2 Å². The number of hydrogen-bond acceptors (Lipinski definition) is 5. The Morgan fingerprint density at radius 3 is 2.46 bits per heavy atom. The van der Waals surface area contributed by atoms with E-state index < -0.39 is 35.0 Å². The number of nitrogens with one attached hydrogen (secondary N) is 1. The Bertz CT molecular complexity index is 1060. The summed E-state index contributed by atoms with van der Waals surface area (Å²) in [4.78, 5) is 11.9. The van der Waals surface area contributed by atoms with Crippen LogP contribution in [0, 0.1) is 17.1 Å². The van der Waals surface area contributed by atoms with Crippen LogP contribution in [0.1, 0.15) is 16.7 Å². The average molecular weight is 424 g/mol. The molecule has 1 aliphatic heterocycles. The molecule has 0 radical (unpaired) electrons. The fourth-order valence-electron chi connectivity index (χ4n) is 2.29. The van der Waals surface area contributed by atoms with Gasteiger partial charge in [0, 0.05) is 0 Å². The second-order valence-electron chi connectivity index (χ2n) is 5.46. The number of thioether (sulfide) groups is 1. The lowest BCUT2D eigenvalue weighted by molar-refractivity contribution is -0.138. The number of hydrogen-bond donors (Lipinski definition) is 1. The number of ether oxygens (including phenoxy) is 1.